The van der Waals surface area contributed by atoms with Crippen molar-refractivity contribution < 1.29 is 0 Å². The van der Waals surface area contributed by atoms with Crippen LogP contribution in [0.1, 0.15) is 38.2 Å². The molecule has 0 radical (unpaired) electrons. The molecule has 0 aliphatic carbocycles. The van der Waals surface area contributed by atoms with Gasteiger partial charge in [0.2, 0.25) is 0 Å². The number of halogens is 1. The van der Waals surface area contributed by atoms with Crippen molar-refractivity contribution in [2.75, 3.05) is 6.54 Å². The van der Waals surface area contributed by atoms with E-state index in [4.69, 9.17) is 0 Å². The van der Waals surface area contributed by atoms with Crippen molar-refractivity contribution in [3.8, 4) is 0 Å². The molecule has 0 atom stereocenters. The van der Waals surface area contributed by atoms with Crippen molar-refractivity contribution in [1.82, 2.24) is 5.43 Å². The highest BCUT2D eigenvalue weighted by Crippen LogP contribution is 2.11. The summed E-state index contributed by atoms with van der Waals surface area (Å²) in [6.45, 7) is 2.93. The van der Waals surface area contributed by atoms with Crippen molar-refractivity contribution in [3.05, 3.63) is 34.3 Å². The molecule has 1 N–H and O–H groups in total. The van der Waals surface area contributed by atoms with Crippen LogP contribution < -0.4 is 5.43 Å². The Bertz CT molecular complexity index is 449. The minimum Gasteiger partial charge on any atom is -0.271 e. The predicted octanol–water partition coefficient (Wildman–Crippen LogP) is 3.74. The van der Waals surface area contributed by atoms with E-state index in [1.807, 2.05) is 19.1 Å². The molecular weight excluding hydrogens is 290 g/mol. The van der Waals surface area contributed by atoms with Gasteiger partial charge in [-0.15, -0.1) is 0 Å². The van der Waals surface area contributed by atoms with Crippen LogP contribution in [0.25, 0.3) is 0 Å². The number of rotatable bonds is 2. The lowest BCUT2D eigenvalue weighted by Crippen LogP contribution is -2.19. The van der Waals surface area contributed by atoms with Crippen LogP contribution in [0.4, 0.5) is 0 Å². The lowest BCUT2D eigenvalue weighted by atomic mass is 10.1. The minimum atomic E-state index is 0.926. The Morgan fingerprint density at radius 1 is 1.22 bits per heavy atom. The van der Waals surface area contributed by atoms with Gasteiger partial charge in [-0.05, 0) is 37.5 Å². The van der Waals surface area contributed by atoms with Gasteiger partial charge in [0.05, 0.1) is 5.71 Å². The van der Waals surface area contributed by atoms with Crippen molar-refractivity contribution in [2.24, 2.45) is 10.1 Å². The highest BCUT2D eigenvalue weighted by molar-refractivity contribution is 9.10. The summed E-state index contributed by atoms with van der Waals surface area (Å²) in [4.78, 5) is 4.49. The van der Waals surface area contributed by atoms with Crippen LogP contribution in [-0.4, -0.2) is 18.1 Å². The molecule has 3 nitrogen and oxygen atoms in total. The third-order valence-electron chi connectivity index (χ3n) is 2.99. The van der Waals surface area contributed by atoms with E-state index in [1.165, 1.54) is 19.3 Å². The monoisotopic (exact) mass is 307 g/mol. The number of aliphatic imine (C=N–C) groups is 1. The molecule has 0 saturated heterocycles. The molecule has 1 aromatic carbocycles. The summed E-state index contributed by atoms with van der Waals surface area (Å²) >= 11 is 3.43. The molecule has 0 spiro atoms. The molecule has 1 heterocycles. The zero-order valence-electron chi connectivity index (χ0n) is 10.6. The first-order valence-electron chi connectivity index (χ1n) is 6.35. The van der Waals surface area contributed by atoms with Crippen LogP contribution in [0.5, 0.6) is 0 Å². The summed E-state index contributed by atoms with van der Waals surface area (Å²) in [7, 11) is 0. The summed E-state index contributed by atoms with van der Waals surface area (Å²) in [6, 6.07) is 8.16. The summed E-state index contributed by atoms with van der Waals surface area (Å²) in [5.74, 6) is 1.02. The second-order valence-electron chi connectivity index (χ2n) is 4.45. The molecule has 1 aromatic rings. The molecule has 18 heavy (non-hydrogen) atoms. The molecule has 96 valence electrons. The van der Waals surface area contributed by atoms with Gasteiger partial charge in [0.15, 0.2) is 0 Å². The summed E-state index contributed by atoms with van der Waals surface area (Å²) in [5.41, 5.74) is 5.21. The maximum atomic E-state index is 4.49. The lowest BCUT2D eigenvalue weighted by molar-refractivity contribution is 0.729. The molecule has 1 aliphatic heterocycles. The van der Waals surface area contributed by atoms with E-state index in [1.54, 1.807) is 0 Å². The van der Waals surface area contributed by atoms with Gasteiger partial charge in [0, 0.05) is 17.4 Å². The highest BCUT2D eigenvalue weighted by Gasteiger charge is 2.03. The first kappa shape index (κ1) is 13.3. The van der Waals surface area contributed by atoms with Gasteiger partial charge in [-0.1, -0.05) is 34.5 Å². The van der Waals surface area contributed by atoms with Gasteiger partial charge >= 0.3 is 0 Å². The Balaban J connectivity index is 1.99. The minimum absolute atomic E-state index is 0.926. The van der Waals surface area contributed by atoms with Crippen molar-refractivity contribution >= 4 is 27.5 Å². The normalized spacial score (nSPS) is 17.0. The van der Waals surface area contributed by atoms with Crippen molar-refractivity contribution in [3.63, 3.8) is 0 Å². The lowest BCUT2D eigenvalue weighted by Gasteiger charge is -2.05. The Kier molecular flexibility index (Phi) is 4.93. The fraction of sp³-hybridized carbons (Fsp3) is 0.429. The molecule has 0 unspecified atom stereocenters. The predicted molar refractivity (Wildman–Crippen MR) is 80.3 cm³/mol. The van der Waals surface area contributed by atoms with Crippen LogP contribution >= 0.6 is 15.9 Å². The fourth-order valence-corrected chi connectivity index (χ4v) is 2.13. The van der Waals surface area contributed by atoms with Gasteiger partial charge in [0.25, 0.3) is 0 Å². The Labute approximate surface area is 117 Å². The van der Waals surface area contributed by atoms with Crippen LogP contribution in [0.15, 0.2) is 38.8 Å². The van der Waals surface area contributed by atoms with E-state index in [2.05, 4.69) is 43.6 Å². The maximum absolute atomic E-state index is 4.49. The third kappa shape index (κ3) is 3.95. The van der Waals surface area contributed by atoms with Crippen molar-refractivity contribution in [1.29, 1.82) is 0 Å². The van der Waals surface area contributed by atoms with Crippen LogP contribution in [0.2, 0.25) is 0 Å². The number of nitrogens with one attached hydrogen (secondary N) is 1. The molecule has 2 rings (SSSR count). The second-order valence-corrected chi connectivity index (χ2v) is 5.37. The van der Waals surface area contributed by atoms with Crippen molar-refractivity contribution in [2.45, 2.75) is 32.6 Å². The van der Waals surface area contributed by atoms with E-state index < -0.39 is 0 Å². The average Bonchev–Trinajstić information content (AvgIpc) is 2.65. The summed E-state index contributed by atoms with van der Waals surface area (Å²) < 4.78 is 1.08. The second kappa shape index (κ2) is 6.69. The molecule has 4 heteroatoms. The van der Waals surface area contributed by atoms with Gasteiger partial charge in [0.1, 0.15) is 5.84 Å². The Hall–Kier alpha value is -1.16. The summed E-state index contributed by atoms with van der Waals surface area (Å²) in [6.07, 6.45) is 4.68. The first-order valence-corrected chi connectivity index (χ1v) is 7.14. The van der Waals surface area contributed by atoms with Gasteiger partial charge < -0.3 is 0 Å². The number of hydrogen-bond donors (Lipinski definition) is 1. The third-order valence-corrected chi connectivity index (χ3v) is 3.52. The van der Waals surface area contributed by atoms with E-state index in [0.717, 1.165) is 34.5 Å². The quantitative estimate of drug-likeness (QED) is 0.656. The van der Waals surface area contributed by atoms with Gasteiger partial charge in [-0.2, -0.15) is 5.10 Å². The standard InChI is InChI=1S/C14H18BrN3/c1-11(12-6-8-13(15)9-7-12)17-18-14-5-3-2-4-10-16-14/h6-9H,2-5,10H2,1H3,(H,16,18)/b17-11-. The zero-order chi connectivity index (χ0) is 12.8. The number of benzene rings is 1. The van der Waals surface area contributed by atoms with Gasteiger partial charge in [-0.3, -0.25) is 10.4 Å². The molecule has 0 amide bonds. The fourth-order valence-electron chi connectivity index (χ4n) is 1.87. The average molecular weight is 308 g/mol. The zero-order valence-corrected chi connectivity index (χ0v) is 12.2. The largest absolute Gasteiger partial charge is 0.271 e. The van der Waals surface area contributed by atoms with E-state index in [-0.39, 0.29) is 0 Å². The highest BCUT2D eigenvalue weighted by atomic mass is 79.9. The molecule has 0 aromatic heterocycles. The van der Waals surface area contributed by atoms with E-state index >= 15 is 0 Å². The molecule has 0 fully saturated rings. The van der Waals surface area contributed by atoms with Gasteiger partial charge in [-0.25, -0.2) is 0 Å². The smallest absolute Gasteiger partial charge is 0.117 e. The topological polar surface area (TPSA) is 36.8 Å². The van der Waals surface area contributed by atoms with Crippen LogP contribution in [-0.2, 0) is 0 Å². The number of hydrogen-bond acceptors (Lipinski definition) is 3. The molecule has 0 bridgehead atoms. The summed E-state index contributed by atoms with van der Waals surface area (Å²) in [5, 5.41) is 4.41. The van der Waals surface area contributed by atoms with E-state index in [9.17, 15) is 0 Å². The maximum Gasteiger partial charge on any atom is 0.117 e. The molecule has 0 saturated carbocycles. The Morgan fingerprint density at radius 2 is 2.00 bits per heavy atom. The molecule has 1 aliphatic rings. The van der Waals surface area contributed by atoms with E-state index in [0.29, 0.717) is 0 Å². The number of amidine groups is 1. The SMILES string of the molecule is C/C(=N/NC1=NCCCCC1)c1ccc(Br)cc1. The van der Waals surface area contributed by atoms with Crippen LogP contribution in [0.3, 0.4) is 0 Å². The first-order chi connectivity index (χ1) is 8.75. The number of nitrogens with zero attached hydrogens (tertiary/aromatic N) is 2. The number of hydrazone groups is 1. The molecular formula is C14H18BrN3. The van der Waals surface area contributed by atoms with Crippen LogP contribution in [0, 0.1) is 0 Å². The Morgan fingerprint density at radius 3 is 2.78 bits per heavy atom.